The molecular weight excluding hydrogens is 146 g/mol. The zero-order valence-electron chi connectivity index (χ0n) is 6.19. The number of hydrogen-bond acceptors (Lipinski definition) is 4. The summed E-state index contributed by atoms with van der Waals surface area (Å²) in [5.74, 6) is 0.259. The lowest BCUT2D eigenvalue weighted by Crippen LogP contribution is -2.61. The highest BCUT2D eigenvalue weighted by atomic mass is 16.6. The molecule has 3 aliphatic rings. The molecule has 2 bridgehead atoms. The molecule has 3 heterocycles. The Hall–Kier alpha value is -0.680. The number of nitro groups is 1. The molecule has 3 saturated heterocycles. The average Bonchev–Trinajstić information content (AvgIpc) is 2.06. The number of nitrogens with one attached hydrogen (secondary N) is 1. The maximum Gasteiger partial charge on any atom is 0.281 e. The summed E-state index contributed by atoms with van der Waals surface area (Å²) in [7, 11) is 0. The predicted molar refractivity (Wildman–Crippen MR) is 38.2 cm³/mol. The van der Waals surface area contributed by atoms with E-state index in [4.69, 9.17) is 0 Å². The third-order valence-electron chi connectivity index (χ3n) is 2.53. The van der Waals surface area contributed by atoms with Crippen LogP contribution in [0.15, 0.2) is 0 Å². The molecule has 1 unspecified atom stereocenters. The first-order chi connectivity index (χ1) is 5.27. The minimum atomic E-state index is -0.516. The van der Waals surface area contributed by atoms with Gasteiger partial charge in [-0.1, -0.05) is 0 Å². The molecular formula is C6H11N3O2. The molecule has 11 heavy (non-hydrogen) atoms. The van der Waals surface area contributed by atoms with Gasteiger partial charge < -0.3 is 0 Å². The molecule has 3 fully saturated rings. The fraction of sp³-hybridized carbons (Fsp3) is 1.00. The molecule has 0 aromatic rings. The molecule has 0 amide bonds. The van der Waals surface area contributed by atoms with E-state index in [9.17, 15) is 10.1 Å². The Balaban J connectivity index is 2.08. The molecule has 0 aromatic heterocycles. The molecule has 0 saturated carbocycles. The maximum atomic E-state index is 10.5. The van der Waals surface area contributed by atoms with Crippen molar-refractivity contribution in [1.82, 2.24) is 10.4 Å². The Bertz CT molecular complexity index is 177. The zero-order chi connectivity index (χ0) is 7.84. The molecule has 1 atom stereocenters. The lowest BCUT2D eigenvalue weighted by molar-refractivity contribution is -0.553. The van der Waals surface area contributed by atoms with Gasteiger partial charge in [0.15, 0.2) is 0 Å². The maximum absolute atomic E-state index is 10.5. The lowest BCUT2D eigenvalue weighted by Gasteiger charge is -2.40. The Labute approximate surface area is 64.5 Å². The summed E-state index contributed by atoms with van der Waals surface area (Å²) in [5.41, 5.74) is 2.89. The third kappa shape index (κ3) is 1.10. The van der Waals surface area contributed by atoms with Gasteiger partial charge in [0.25, 0.3) is 6.17 Å². The van der Waals surface area contributed by atoms with Gasteiger partial charge in [-0.3, -0.25) is 10.1 Å². The Kier molecular flexibility index (Phi) is 1.54. The Morgan fingerprint density at radius 1 is 1.45 bits per heavy atom. The summed E-state index contributed by atoms with van der Waals surface area (Å²) < 4.78 is 0. The quantitative estimate of drug-likeness (QED) is 0.423. The second kappa shape index (κ2) is 2.42. The van der Waals surface area contributed by atoms with Crippen molar-refractivity contribution < 1.29 is 4.92 Å². The second-order valence-corrected chi connectivity index (χ2v) is 3.18. The first kappa shape index (κ1) is 7.00. The monoisotopic (exact) mass is 157 g/mol. The fourth-order valence-electron chi connectivity index (χ4n) is 1.86. The van der Waals surface area contributed by atoms with Crippen molar-refractivity contribution in [1.29, 1.82) is 0 Å². The van der Waals surface area contributed by atoms with E-state index < -0.39 is 6.17 Å². The topological polar surface area (TPSA) is 58.4 Å². The van der Waals surface area contributed by atoms with E-state index in [0.717, 1.165) is 25.9 Å². The Morgan fingerprint density at radius 3 is 2.36 bits per heavy atom. The number of hydrazine groups is 1. The van der Waals surface area contributed by atoms with Crippen LogP contribution in [0.2, 0.25) is 0 Å². The lowest BCUT2D eigenvalue weighted by atomic mass is 9.92. The first-order valence-corrected chi connectivity index (χ1v) is 3.92. The van der Waals surface area contributed by atoms with Crippen molar-refractivity contribution in [3.8, 4) is 0 Å². The van der Waals surface area contributed by atoms with Gasteiger partial charge in [0.1, 0.15) is 0 Å². The standard InChI is InChI=1S/C6H11N3O2/c10-9(11)6-5-1-3-8(7-6)4-2-5/h5-7H,1-4H2. The molecule has 0 aromatic carbocycles. The van der Waals surface area contributed by atoms with E-state index in [1.165, 1.54) is 0 Å². The zero-order valence-corrected chi connectivity index (χ0v) is 6.19. The van der Waals surface area contributed by atoms with Crippen LogP contribution >= 0.6 is 0 Å². The summed E-state index contributed by atoms with van der Waals surface area (Å²) >= 11 is 0. The van der Waals surface area contributed by atoms with E-state index in [-0.39, 0.29) is 10.8 Å². The molecule has 3 rings (SSSR count). The molecule has 5 nitrogen and oxygen atoms in total. The van der Waals surface area contributed by atoms with Gasteiger partial charge in [0.05, 0.1) is 0 Å². The van der Waals surface area contributed by atoms with Crippen LogP contribution in [-0.4, -0.2) is 29.2 Å². The number of piperidine rings is 1. The molecule has 0 radical (unpaired) electrons. The Morgan fingerprint density at radius 2 is 2.09 bits per heavy atom. The van der Waals surface area contributed by atoms with E-state index >= 15 is 0 Å². The van der Waals surface area contributed by atoms with Crippen molar-refractivity contribution in [2.75, 3.05) is 13.1 Å². The van der Waals surface area contributed by atoms with Gasteiger partial charge in [0, 0.05) is 23.9 Å². The highest BCUT2D eigenvalue weighted by molar-refractivity contribution is 4.80. The number of fused-ring (bicyclic) bond motifs is 3. The summed E-state index contributed by atoms with van der Waals surface area (Å²) in [6.07, 6.45) is 1.43. The SMILES string of the molecule is O=[N+]([O-])C1NN2CCC1CC2. The summed E-state index contributed by atoms with van der Waals surface area (Å²) in [6.45, 7) is 1.93. The van der Waals surface area contributed by atoms with Gasteiger partial charge in [0.2, 0.25) is 0 Å². The highest BCUT2D eigenvalue weighted by Crippen LogP contribution is 2.25. The fourth-order valence-corrected chi connectivity index (χ4v) is 1.86. The first-order valence-electron chi connectivity index (χ1n) is 3.92. The largest absolute Gasteiger partial charge is 0.281 e. The number of nitrogens with zero attached hydrogens (tertiary/aromatic N) is 2. The summed E-state index contributed by atoms with van der Waals surface area (Å²) in [5, 5.41) is 12.4. The van der Waals surface area contributed by atoms with Crippen LogP contribution in [0.3, 0.4) is 0 Å². The van der Waals surface area contributed by atoms with Crippen LogP contribution in [0.5, 0.6) is 0 Å². The molecule has 1 N–H and O–H groups in total. The number of rotatable bonds is 1. The van der Waals surface area contributed by atoms with Crippen molar-refractivity contribution >= 4 is 0 Å². The van der Waals surface area contributed by atoms with Crippen molar-refractivity contribution in [3.63, 3.8) is 0 Å². The highest BCUT2D eigenvalue weighted by Gasteiger charge is 2.40. The molecule has 0 spiro atoms. The van der Waals surface area contributed by atoms with Crippen LogP contribution < -0.4 is 5.43 Å². The minimum absolute atomic E-state index is 0.212. The van der Waals surface area contributed by atoms with Gasteiger partial charge >= 0.3 is 0 Å². The van der Waals surface area contributed by atoms with Crippen LogP contribution in [0, 0.1) is 16.0 Å². The van der Waals surface area contributed by atoms with Crippen LogP contribution in [0.1, 0.15) is 12.8 Å². The van der Waals surface area contributed by atoms with Gasteiger partial charge in [-0.05, 0) is 12.8 Å². The molecule has 5 heteroatoms. The van der Waals surface area contributed by atoms with E-state index in [1.807, 2.05) is 5.01 Å². The third-order valence-corrected chi connectivity index (χ3v) is 2.53. The minimum Gasteiger partial charge on any atom is -0.263 e. The average molecular weight is 157 g/mol. The molecule has 3 aliphatic heterocycles. The summed E-state index contributed by atoms with van der Waals surface area (Å²) in [4.78, 5) is 10.2. The summed E-state index contributed by atoms with van der Waals surface area (Å²) in [6, 6.07) is 0. The predicted octanol–water partition coefficient (Wildman–Crippen LogP) is -0.181. The van der Waals surface area contributed by atoms with Crippen molar-refractivity contribution in [2.24, 2.45) is 5.92 Å². The molecule has 62 valence electrons. The second-order valence-electron chi connectivity index (χ2n) is 3.18. The van der Waals surface area contributed by atoms with Crippen molar-refractivity contribution in [3.05, 3.63) is 10.1 Å². The van der Waals surface area contributed by atoms with Gasteiger partial charge in [-0.2, -0.15) is 5.43 Å². The van der Waals surface area contributed by atoms with Gasteiger partial charge in [-0.15, -0.1) is 0 Å². The number of hydrogen-bond donors (Lipinski definition) is 1. The van der Waals surface area contributed by atoms with Gasteiger partial charge in [-0.25, -0.2) is 5.01 Å². The van der Waals surface area contributed by atoms with E-state index in [0.29, 0.717) is 0 Å². The van der Waals surface area contributed by atoms with Crippen LogP contribution in [-0.2, 0) is 0 Å². The van der Waals surface area contributed by atoms with Crippen LogP contribution in [0.4, 0.5) is 0 Å². The van der Waals surface area contributed by atoms with Crippen LogP contribution in [0.25, 0.3) is 0 Å². The molecule has 0 aliphatic carbocycles. The normalized spacial score (nSPS) is 42.4. The van der Waals surface area contributed by atoms with E-state index in [1.54, 1.807) is 0 Å². The smallest absolute Gasteiger partial charge is 0.263 e. The van der Waals surface area contributed by atoms with E-state index in [2.05, 4.69) is 5.43 Å². The van der Waals surface area contributed by atoms with Crippen molar-refractivity contribution in [2.45, 2.75) is 19.0 Å².